The lowest BCUT2D eigenvalue weighted by atomic mass is 10.0. The molecule has 0 aromatic heterocycles. The van der Waals surface area contributed by atoms with Crippen molar-refractivity contribution >= 4 is 17.7 Å². The molecule has 0 fully saturated rings. The van der Waals surface area contributed by atoms with Gasteiger partial charge in [-0.05, 0) is 18.2 Å². The van der Waals surface area contributed by atoms with E-state index in [1.807, 2.05) is 0 Å². The highest BCUT2D eigenvalue weighted by atomic mass is 16.5. The van der Waals surface area contributed by atoms with Gasteiger partial charge in [-0.15, -0.1) is 0 Å². The van der Waals surface area contributed by atoms with Crippen molar-refractivity contribution in [3.63, 3.8) is 0 Å². The van der Waals surface area contributed by atoms with E-state index in [1.54, 1.807) is 12.2 Å². The predicted molar refractivity (Wildman–Crippen MR) is 63.1 cm³/mol. The summed E-state index contributed by atoms with van der Waals surface area (Å²) in [6, 6.07) is 0. The lowest BCUT2D eigenvalue weighted by Crippen LogP contribution is -2.30. The summed E-state index contributed by atoms with van der Waals surface area (Å²) in [4.78, 5) is 33.5. The fourth-order valence-corrected chi connectivity index (χ4v) is 1.49. The molecule has 2 N–H and O–H groups in total. The largest absolute Gasteiger partial charge is 0.478 e. The first-order valence-electron chi connectivity index (χ1n) is 5.45. The van der Waals surface area contributed by atoms with Crippen LogP contribution in [0.25, 0.3) is 0 Å². The standard InChI is InChI=1S/C13H10O6/c14-11-8(12(15)16)2-1-3-9(11)19-10(13(17)18)6-7-4-5-7/h1-7,9H,(H,15,16)(H,17,18)/b10-6-. The number of ether oxygens (including phenoxy) is 1. The summed E-state index contributed by atoms with van der Waals surface area (Å²) in [5, 5.41) is 17.8. The van der Waals surface area contributed by atoms with E-state index in [0.29, 0.717) is 0 Å². The first-order chi connectivity index (χ1) is 8.99. The Hall–Kier alpha value is -2.63. The SMILES string of the molecule is O=C(O)C1=CC=CC(O/C(=C\C2C=C2)C(=O)O)C1=O. The van der Waals surface area contributed by atoms with Crippen LogP contribution in [0.15, 0.2) is 47.8 Å². The minimum absolute atomic E-state index is 0.0803. The summed E-state index contributed by atoms with van der Waals surface area (Å²) in [7, 11) is 0. The minimum Gasteiger partial charge on any atom is -0.478 e. The molecule has 0 aliphatic heterocycles. The first-order valence-corrected chi connectivity index (χ1v) is 5.45. The van der Waals surface area contributed by atoms with Crippen molar-refractivity contribution in [3.8, 4) is 0 Å². The van der Waals surface area contributed by atoms with Gasteiger partial charge in [-0.2, -0.15) is 0 Å². The number of carbonyl (C=O) groups excluding carboxylic acids is 1. The third-order valence-electron chi connectivity index (χ3n) is 2.53. The normalized spacial score (nSPS) is 22.1. The second-order valence-electron chi connectivity index (χ2n) is 3.97. The summed E-state index contributed by atoms with van der Waals surface area (Å²) in [5.41, 5.74) is -0.429. The van der Waals surface area contributed by atoms with Crippen LogP contribution in [0.2, 0.25) is 0 Å². The number of carboxylic acids is 2. The molecule has 0 heterocycles. The number of rotatable bonds is 5. The van der Waals surface area contributed by atoms with E-state index < -0.39 is 29.4 Å². The summed E-state index contributed by atoms with van der Waals surface area (Å²) in [6.45, 7) is 0. The van der Waals surface area contributed by atoms with Crippen LogP contribution in [-0.4, -0.2) is 34.0 Å². The molecule has 0 aromatic carbocycles. The van der Waals surface area contributed by atoms with Crippen LogP contribution in [-0.2, 0) is 19.1 Å². The van der Waals surface area contributed by atoms with Crippen molar-refractivity contribution in [2.24, 2.45) is 5.92 Å². The smallest absolute Gasteiger partial charge is 0.370 e. The van der Waals surface area contributed by atoms with Crippen LogP contribution in [0.4, 0.5) is 0 Å². The highest BCUT2D eigenvalue weighted by Gasteiger charge is 2.30. The molecule has 0 saturated carbocycles. The molecule has 1 unspecified atom stereocenters. The second-order valence-corrected chi connectivity index (χ2v) is 3.97. The van der Waals surface area contributed by atoms with Crippen molar-refractivity contribution in [2.75, 3.05) is 0 Å². The zero-order valence-corrected chi connectivity index (χ0v) is 9.65. The van der Waals surface area contributed by atoms with Crippen LogP contribution < -0.4 is 0 Å². The fourth-order valence-electron chi connectivity index (χ4n) is 1.49. The van der Waals surface area contributed by atoms with Gasteiger partial charge in [-0.25, -0.2) is 9.59 Å². The maximum Gasteiger partial charge on any atom is 0.370 e. The van der Waals surface area contributed by atoms with Gasteiger partial charge in [0, 0.05) is 5.92 Å². The number of hydrogen-bond donors (Lipinski definition) is 2. The third kappa shape index (κ3) is 2.98. The topological polar surface area (TPSA) is 101 Å². The maximum absolute atomic E-state index is 11.8. The van der Waals surface area contributed by atoms with Crippen molar-refractivity contribution in [1.29, 1.82) is 0 Å². The van der Waals surface area contributed by atoms with Crippen LogP contribution in [0.5, 0.6) is 0 Å². The zero-order chi connectivity index (χ0) is 14.0. The van der Waals surface area contributed by atoms with Crippen LogP contribution in [0, 0.1) is 5.92 Å². The van der Waals surface area contributed by atoms with E-state index in [0.717, 1.165) is 6.08 Å². The lowest BCUT2D eigenvalue weighted by molar-refractivity contribution is -0.139. The molecule has 98 valence electrons. The zero-order valence-electron chi connectivity index (χ0n) is 9.65. The van der Waals surface area contributed by atoms with Crippen molar-refractivity contribution < 1.29 is 29.3 Å². The molecule has 0 amide bonds. The van der Waals surface area contributed by atoms with E-state index >= 15 is 0 Å². The first kappa shape index (κ1) is 12.8. The minimum atomic E-state index is -1.37. The fraction of sp³-hybridized carbons (Fsp3) is 0.154. The number of allylic oxidation sites excluding steroid dienone is 5. The Morgan fingerprint density at radius 3 is 2.42 bits per heavy atom. The Morgan fingerprint density at radius 1 is 1.21 bits per heavy atom. The van der Waals surface area contributed by atoms with Crippen molar-refractivity contribution in [3.05, 3.63) is 47.8 Å². The highest BCUT2D eigenvalue weighted by Crippen LogP contribution is 2.22. The molecule has 2 aliphatic carbocycles. The number of hydrogen-bond acceptors (Lipinski definition) is 4. The molecular weight excluding hydrogens is 252 g/mol. The van der Waals surface area contributed by atoms with Gasteiger partial charge < -0.3 is 14.9 Å². The van der Waals surface area contributed by atoms with Gasteiger partial charge in [0.05, 0.1) is 0 Å². The van der Waals surface area contributed by atoms with Crippen molar-refractivity contribution in [2.45, 2.75) is 6.10 Å². The van der Waals surface area contributed by atoms with E-state index in [4.69, 9.17) is 14.9 Å². The Kier molecular flexibility index (Phi) is 3.33. The molecule has 6 heteroatoms. The number of carboxylic acid groups (broad SMARTS) is 2. The third-order valence-corrected chi connectivity index (χ3v) is 2.53. The van der Waals surface area contributed by atoms with Crippen LogP contribution in [0.3, 0.4) is 0 Å². The average Bonchev–Trinajstić information content (AvgIpc) is 3.14. The molecule has 1 atom stereocenters. The number of aliphatic carboxylic acids is 2. The molecule has 0 aromatic rings. The van der Waals surface area contributed by atoms with E-state index in [-0.39, 0.29) is 11.7 Å². The molecule has 2 rings (SSSR count). The van der Waals surface area contributed by atoms with Gasteiger partial charge in [0.2, 0.25) is 11.5 Å². The van der Waals surface area contributed by atoms with E-state index in [1.165, 1.54) is 18.2 Å². The van der Waals surface area contributed by atoms with Gasteiger partial charge >= 0.3 is 11.9 Å². The maximum atomic E-state index is 11.8. The van der Waals surface area contributed by atoms with Gasteiger partial charge in [0.25, 0.3) is 0 Å². The molecule has 0 saturated heterocycles. The van der Waals surface area contributed by atoms with Gasteiger partial charge in [0.15, 0.2) is 6.10 Å². The molecule has 19 heavy (non-hydrogen) atoms. The lowest BCUT2D eigenvalue weighted by Gasteiger charge is -2.17. The molecule has 2 aliphatic rings. The van der Waals surface area contributed by atoms with E-state index in [9.17, 15) is 14.4 Å². The van der Waals surface area contributed by atoms with Gasteiger partial charge in [-0.3, -0.25) is 4.79 Å². The average molecular weight is 262 g/mol. The molecule has 0 radical (unpaired) electrons. The van der Waals surface area contributed by atoms with E-state index in [2.05, 4.69) is 0 Å². The van der Waals surface area contributed by atoms with Crippen LogP contribution in [0.1, 0.15) is 0 Å². The number of Topliss-reactive ketones (excluding diaryl/α,β-unsaturated/α-hetero) is 1. The highest BCUT2D eigenvalue weighted by molar-refractivity contribution is 6.19. The van der Waals surface area contributed by atoms with Crippen molar-refractivity contribution in [1.82, 2.24) is 0 Å². The predicted octanol–water partition coefficient (Wildman–Crippen LogP) is 0.676. The Balaban J connectivity index is 2.13. The Bertz CT molecular complexity index is 558. The van der Waals surface area contributed by atoms with Crippen LogP contribution >= 0.6 is 0 Å². The Labute approximate surface area is 108 Å². The monoisotopic (exact) mass is 262 g/mol. The summed E-state index contributed by atoms with van der Waals surface area (Å²) < 4.78 is 5.08. The van der Waals surface area contributed by atoms with Gasteiger partial charge in [-0.1, -0.05) is 18.2 Å². The Morgan fingerprint density at radius 2 is 1.89 bits per heavy atom. The second kappa shape index (κ2) is 4.93. The number of carbonyl (C=O) groups is 3. The van der Waals surface area contributed by atoms with Gasteiger partial charge in [0.1, 0.15) is 5.57 Å². The molecular formula is C13H10O6. The summed E-state index contributed by atoms with van der Waals surface area (Å²) in [6.07, 6.45) is 7.45. The molecule has 0 spiro atoms. The summed E-state index contributed by atoms with van der Waals surface area (Å²) in [5.74, 6) is -3.90. The summed E-state index contributed by atoms with van der Waals surface area (Å²) >= 11 is 0. The molecule has 6 nitrogen and oxygen atoms in total. The quantitative estimate of drug-likeness (QED) is 0.327. The number of ketones is 1. The molecule has 0 bridgehead atoms.